The second kappa shape index (κ2) is 4.88. The van der Waals surface area contributed by atoms with Crippen molar-refractivity contribution in [3.05, 3.63) is 12.5 Å². The van der Waals surface area contributed by atoms with Crippen molar-refractivity contribution in [2.24, 2.45) is 0 Å². The number of halogens is 5. The third kappa shape index (κ3) is 8.90. The first kappa shape index (κ1) is 12.0. The van der Waals surface area contributed by atoms with E-state index < -0.39 is 31.8 Å². The van der Waals surface area contributed by atoms with Gasteiger partial charge < -0.3 is 9.47 Å². The maximum absolute atomic E-state index is 11.4. The molecule has 0 atom stereocenters. The Morgan fingerprint density at radius 2 is 1.77 bits per heavy atom. The normalized spacial score (nSPS) is 11.5. The minimum Gasteiger partial charge on any atom is -0.460 e. The van der Waals surface area contributed by atoms with Crippen LogP contribution in [0.5, 0.6) is 0 Å². The van der Waals surface area contributed by atoms with E-state index >= 15 is 0 Å². The standard InChI is InChI=1S/C6H7F5O2/c1-4(12-2-5(7)8)13-3-6(9,10)11/h5H,1-3H2. The largest absolute Gasteiger partial charge is 0.460 e. The molecular weight excluding hydrogens is 199 g/mol. The Balaban J connectivity index is 3.53. The highest BCUT2D eigenvalue weighted by Crippen LogP contribution is 2.16. The minimum atomic E-state index is -4.53. The molecule has 0 rings (SSSR count). The molecule has 13 heavy (non-hydrogen) atoms. The molecule has 0 radical (unpaired) electrons. The highest BCUT2D eigenvalue weighted by Gasteiger charge is 2.28. The Morgan fingerprint density at radius 3 is 2.15 bits per heavy atom. The van der Waals surface area contributed by atoms with E-state index in [9.17, 15) is 22.0 Å². The molecule has 0 saturated carbocycles. The summed E-state index contributed by atoms with van der Waals surface area (Å²) in [6.45, 7) is 0.219. The number of rotatable bonds is 5. The van der Waals surface area contributed by atoms with Crippen LogP contribution in [-0.2, 0) is 9.47 Å². The van der Waals surface area contributed by atoms with Crippen molar-refractivity contribution in [3.63, 3.8) is 0 Å². The predicted molar refractivity (Wildman–Crippen MR) is 33.1 cm³/mol. The molecule has 0 heterocycles. The first-order valence-electron chi connectivity index (χ1n) is 3.10. The van der Waals surface area contributed by atoms with Crippen molar-refractivity contribution in [1.82, 2.24) is 0 Å². The van der Waals surface area contributed by atoms with Crippen LogP contribution in [0.2, 0.25) is 0 Å². The molecule has 0 bridgehead atoms. The molecule has 78 valence electrons. The topological polar surface area (TPSA) is 18.5 Å². The van der Waals surface area contributed by atoms with Crippen LogP contribution < -0.4 is 0 Å². The van der Waals surface area contributed by atoms with E-state index in [4.69, 9.17) is 0 Å². The van der Waals surface area contributed by atoms with Crippen LogP contribution in [0.15, 0.2) is 12.5 Å². The van der Waals surface area contributed by atoms with Gasteiger partial charge in [0.2, 0.25) is 0 Å². The molecule has 0 N–H and O–H groups in total. The monoisotopic (exact) mass is 206 g/mol. The zero-order valence-corrected chi connectivity index (χ0v) is 6.40. The van der Waals surface area contributed by atoms with Crippen molar-refractivity contribution < 1.29 is 31.4 Å². The molecule has 0 aromatic rings. The summed E-state index contributed by atoms with van der Waals surface area (Å²) < 4.78 is 65.1. The van der Waals surface area contributed by atoms with Gasteiger partial charge in [0.25, 0.3) is 12.4 Å². The van der Waals surface area contributed by atoms with Gasteiger partial charge in [0.1, 0.15) is 0 Å². The van der Waals surface area contributed by atoms with Gasteiger partial charge >= 0.3 is 6.18 Å². The summed E-state index contributed by atoms with van der Waals surface area (Å²) in [5.74, 6) is -0.766. The summed E-state index contributed by atoms with van der Waals surface area (Å²) in [6, 6.07) is 0. The van der Waals surface area contributed by atoms with E-state index in [1.165, 1.54) is 0 Å². The fraction of sp³-hybridized carbons (Fsp3) is 0.667. The van der Waals surface area contributed by atoms with Crippen molar-refractivity contribution in [3.8, 4) is 0 Å². The van der Waals surface area contributed by atoms with Crippen LogP contribution in [0.1, 0.15) is 0 Å². The van der Waals surface area contributed by atoms with Crippen molar-refractivity contribution in [1.29, 1.82) is 0 Å². The highest BCUT2D eigenvalue weighted by molar-refractivity contribution is 4.69. The third-order valence-corrected chi connectivity index (χ3v) is 0.767. The second-order valence-corrected chi connectivity index (χ2v) is 1.98. The summed E-state index contributed by atoms with van der Waals surface area (Å²) in [7, 11) is 0. The molecule has 0 aromatic heterocycles. The first-order valence-corrected chi connectivity index (χ1v) is 3.10. The van der Waals surface area contributed by atoms with E-state index in [0.29, 0.717) is 0 Å². The van der Waals surface area contributed by atoms with Crippen LogP contribution in [0.4, 0.5) is 22.0 Å². The average Bonchev–Trinajstić information content (AvgIpc) is 1.95. The average molecular weight is 206 g/mol. The Labute approximate surface area is 70.9 Å². The Bertz CT molecular complexity index is 165. The maximum atomic E-state index is 11.4. The molecular formula is C6H7F5O2. The van der Waals surface area contributed by atoms with E-state index in [1.807, 2.05) is 0 Å². The highest BCUT2D eigenvalue weighted by atomic mass is 19.4. The molecule has 0 fully saturated rings. The molecule has 0 amide bonds. The van der Waals surface area contributed by atoms with Crippen LogP contribution in [0.3, 0.4) is 0 Å². The third-order valence-electron chi connectivity index (χ3n) is 0.767. The Hall–Kier alpha value is -1.01. The van der Waals surface area contributed by atoms with Gasteiger partial charge in [-0.15, -0.1) is 0 Å². The van der Waals surface area contributed by atoms with E-state index in [2.05, 4.69) is 16.1 Å². The Kier molecular flexibility index (Phi) is 4.50. The molecule has 0 aliphatic rings. The van der Waals surface area contributed by atoms with Crippen LogP contribution in [0.25, 0.3) is 0 Å². The van der Waals surface area contributed by atoms with Crippen LogP contribution >= 0.6 is 0 Å². The molecule has 0 saturated heterocycles. The fourth-order valence-corrected chi connectivity index (χ4v) is 0.360. The summed E-state index contributed by atoms with van der Waals surface area (Å²) >= 11 is 0. The van der Waals surface area contributed by atoms with Crippen molar-refractivity contribution in [2.75, 3.05) is 13.2 Å². The minimum absolute atomic E-state index is 0.766. The van der Waals surface area contributed by atoms with Gasteiger partial charge in [-0.25, -0.2) is 8.78 Å². The van der Waals surface area contributed by atoms with Crippen molar-refractivity contribution in [2.45, 2.75) is 12.6 Å². The van der Waals surface area contributed by atoms with E-state index in [0.717, 1.165) is 0 Å². The molecule has 0 spiro atoms. The van der Waals surface area contributed by atoms with E-state index in [1.54, 1.807) is 0 Å². The molecule has 0 aromatic carbocycles. The second-order valence-electron chi connectivity index (χ2n) is 1.98. The lowest BCUT2D eigenvalue weighted by atomic mass is 10.7. The first-order chi connectivity index (χ1) is 5.81. The SMILES string of the molecule is C=C(OCC(F)F)OCC(F)(F)F. The van der Waals surface area contributed by atoms with Crippen LogP contribution in [-0.4, -0.2) is 25.8 Å². The lowest BCUT2D eigenvalue weighted by molar-refractivity contribution is -0.177. The lowest BCUT2D eigenvalue weighted by Gasteiger charge is -2.11. The fourth-order valence-electron chi connectivity index (χ4n) is 0.360. The van der Waals surface area contributed by atoms with Gasteiger partial charge in [-0.05, 0) is 6.58 Å². The van der Waals surface area contributed by atoms with E-state index in [-0.39, 0.29) is 0 Å². The van der Waals surface area contributed by atoms with Gasteiger partial charge in [-0.2, -0.15) is 13.2 Å². The Morgan fingerprint density at radius 1 is 1.23 bits per heavy atom. The summed E-state index contributed by atoms with van der Waals surface area (Å²) in [5.41, 5.74) is 0. The van der Waals surface area contributed by atoms with Gasteiger partial charge in [0.05, 0.1) is 0 Å². The van der Waals surface area contributed by atoms with Crippen LogP contribution in [0, 0.1) is 0 Å². The number of hydrogen-bond acceptors (Lipinski definition) is 2. The summed E-state index contributed by atoms with van der Waals surface area (Å²) in [4.78, 5) is 0. The zero-order valence-electron chi connectivity index (χ0n) is 6.40. The van der Waals surface area contributed by atoms with Crippen molar-refractivity contribution >= 4 is 0 Å². The smallest absolute Gasteiger partial charge is 0.422 e. The summed E-state index contributed by atoms with van der Waals surface area (Å²) in [6.07, 6.45) is -7.30. The molecule has 0 unspecified atom stereocenters. The maximum Gasteiger partial charge on any atom is 0.422 e. The lowest BCUT2D eigenvalue weighted by Crippen LogP contribution is -2.17. The molecule has 0 aliphatic heterocycles. The summed E-state index contributed by atoms with van der Waals surface area (Å²) in [5, 5.41) is 0. The number of ether oxygens (including phenoxy) is 2. The van der Waals surface area contributed by atoms with Gasteiger partial charge in [0.15, 0.2) is 13.2 Å². The van der Waals surface area contributed by atoms with Gasteiger partial charge in [0, 0.05) is 0 Å². The zero-order chi connectivity index (χ0) is 10.5. The molecule has 7 heteroatoms. The quantitative estimate of drug-likeness (QED) is 0.507. The molecule has 2 nitrogen and oxygen atoms in total. The number of hydrogen-bond donors (Lipinski definition) is 0. The number of alkyl halides is 5. The van der Waals surface area contributed by atoms with Gasteiger partial charge in [-0.1, -0.05) is 0 Å². The van der Waals surface area contributed by atoms with Gasteiger partial charge in [-0.3, -0.25) is 0 Å². The molecule has 0 aliphatic carbocycles. The predicted octanol–water partition coefficient (Wildman–Crippen LogP) is 2.32.